The monoisotopic (exact) mass is 452 g/mol. The van der Waals surface area contributed by atoms with E-state index in [1.165, 1.54) is 10.7 Å². The predicted molar refractivity (Wildman–Crippen MR) is 126 cm³/mol. The van der Waals surface area contributed by atoms with E-state index in [2.05, 4.69) is 10.4 Å². The molecule has 3 aromatic rings. The maximum atomic E-state index is 12.9. The van der Waals surface area contributed by atoms with E-state index >= 15 is 0 Å². The van der Waals surface area contributed by atoms with Crippen molar-refractivity contribution >= 4 is 29.0 Å². The molecule has 1 aliphatic rings. The standard InChI is InChI=1S/C24H25ClN4O3/c1-16-5-8-19(14-21(16)25)29-23(30)12-11-22(27-29)28-13-3-4-17(15-28)24(31)26-18-6-9-20(32-2)10-7-18/h5-12,14,17H,3-4,13,15H2,1-2H3,(H,26,31)/t17-/m0/s1. The van der Waals surface area contributed by atoms with Crippen LogP contribution < -0.4 is 20.5 Å². The summed E-state index contributed by atoms with van der Waals surface area (Å²) in [6, 6.07) is 15.9. The molecule has 2 aromatic carbocycles. The highest BCUT2D eigenvalue weighted by Crippen LogP contribution is 2.24. The zero-order valence-corrected chi connectivity index (χ0v) is 18.8. The Bertz CT molecular complexity index is 1180. The van der Waals surface area contributed by atoms with Crippen LogP contribution >= 0.6 is 11.6 Å². The summed E-state index contributed by atoms with van der Waals surface area (Å²) in [6.07, 6.45) is 1.66. The Kier molecular flexibility index (Phi) is 6.46. The summed E-state index contributed by atoms with van der Waals surface area (Å²) in [4.78, 5) is 27.3. The molecular weight excluding hydrogens is 428 g/mol. The van der Waals surface area contributed by atoms with Gasteiger partial charge in [0, 0.05) is 29.9 Å². The van der Waals surface area contributed by atoms with Crippen molar-refractivity contribution in [3.05, 3.63) is 75.5 Å². The third kappa shape index (κ3) is 4.78. The molecule has 1 aromatic heterocycles. The van der Waals surface area contributed by atoms with Crippen molar-refractivity contribution in [3.63, 3.8) is 0 Å². The molecule has 0 spiro atoms. The van der Waals surface area contributed by atoms with E-state index < -0.39 is 0 Å². The molecule has 0 radical (unpaired) electrons. The number of aryl methyl sites for hydroxylation is 1. The fourth-order valence-electron chi connectivity index (χ4n) is 3.79. The predicted octanol–water partition coefficient (Wildman–Crippen LogP) is 4.06. The molecule has 1 fully saturated rings. The molecule has 0 unspecified atom stereocenters. The number of benzene rings is 2. The first-order chi connectivity index (χ1) is 15.4. The van der Waals surface area contributed by atoms with Gasteiger partial charge in [-0.3, -0.25) is 9.59 Å². The molecule has 1 N–H and O–H groups in total. The lowest BCUT2D eigenvalue weighted by Gasteiger charge is -2.33. The van der Waals surface area contributed by atoms with Crippen LogP contribution in [-0.4, -0.2) is 35.9 Å². The largest absolute Gasteiger partial charge is 0.497 e. The van der Waals surface area contributed by atoms with Crippen LogP contribution in [0.25, 0.3) is 5.69 Å². The third-order valence-electron chi connectivity index (χ3n) is 5.66. The molecular formula is C24H25ClN4O3. The molecule has 1 atom stereocenters. The Hall–Kier alpha value is -3.32. The third-order valence-corrected chi connectivity index (χ3v) is 6.07. The Labute approximate surface area is 191 Å². The maximum Gasteiger partial charge on any atom is 0.271 e. The number of aromatic nitrogens is 2. The number of piperidine rings is 1. The van der Waals surface area contributed by atoms with E-state index in [0.717, 1.165) is 36.4 Å². The smallest absolute Gasteiger partial charge is 0.271 e. The number of anilines is 2. The molecule has 7 nitrogen and oxygen atoms in total. The van der Waals surface area contributed by atoms with Gasteiger partial charge in [-0.25, -0.2) is 0 Å². The second kappa shape index (κ2) is 9.44. The number of hydrogen-bond donors (Lipinski definition) is 1. The number of methoxy groups -OCH3 is 1. The van der Waals surface area contributed by atoms with Gasteiger partial charge in [0.05, 0.1) is 18.7 Å². The SMILES string of the molecule is COc1ccc(NC(=O)[C@H]2CCCN(c3ccc(=O)n(-c4ccc(C)c(Cl)c4)n3)C2)cc1. The zero-order chi connectivity index (χ0) is 22.7. The Morgan fingerprint density at radius 2 is 1.94 bits per heavy atom. The van der Waals surface area contributed by atoms with Gasteiger partial charge in [0.2, 0.25) is 5.91 Å². The highest BCUT2D eigenvalue weighted by atomic mass is 35.5. The molecule has 4 rings (SSSR count). The number of rotatable bonds is 5. The normalized spacial score (nSPS) is 16.0. The van der Waals surface area contributed by atoms with Crippen LogP contribution in [-0.2, 0) is 4.79 Å². The molecule has 0 bridgehead atoms. The Morgan fingerprint density at radius 1 is 1.16 bits per heavy atom. The molecule has 1 amide bonds. The average molecular weight is 453 g/mol. The highest BCUT2D eigenvalue weighted by Gasteiger charge is 2.27. The number of amides is 1. The van der Waals surface area contributed by atoms with Gasteiger partial charge in [-0.05, 0) is 67.8 Å². The summed E-state index contributed by atoms with van der Waals surface area (Å²) in [6.45, 7) is 3.21. The first-order valence-corrected chi connectivity index (χ1v) is 10.9. The van der Waals surface area contributed by atoms with E-state index in [-0.39, 0.29) is 17.4 Å². The lowest BCUT2D eigenvalue weighted by Crippen LogP contribution is -2.41. The molecule has 0 aliphatic carbocycles. The van der Waals surface area contributed by atoms with Crippen molar-refractivity contribution in [2.75, 3.05) is 30.4 Å². The average Bonchev–Trinajstić information content (AvgIpc) is 2.82. The van der Waals surface area contributed by atoms with Crippen molar-refractivity contribution in [2.45, 2.75) is 19.8 Å². The van der Waals surface area contributed by atoms with E-state index in [9.17, 15) is 9.59 Å². The number of ether oxygens (including phenoxy) is 1. The van der Waals surface area contributed by atoms with Crippen LogP contribution in [0.4, 0.5) is 11.5 Å². The molecule has 0 saturated carbocycles. The van der Waals surface area contributed by atoms with Gasteiger partial charge in [-0.2, -0.15) is 4.68 Å². The van der Waals surface area contributed by atoms with Crippen LogP contribution in [0.15, 0.2) is 59.4 Å². The molecule has 32 heavy (non-hydrogen) atoms. The van der Waals surface area contributed by atoms with Crippen molar-refractivity contribution in [1.29, 1.82) is 0 Å². The second-order valence-corrected chi connectivity index (χ2v) is 8.29. The van der Waals surface area contributed by atoms with Gasteiger partial charge >= 0.3 is 0 Å². The maximum absolute atomic E-state index is 12.9. The van der Waals surface area contributed by atoms with Crippen LogP contribution in [0.2, 0.25) is 5.02 Å². The number of nitrogens with one attached hydrogen (secondary N) is 1. The minimum absolute atomic E-state index is 0.0292. The first kappa shape index (κ1) is 21.9. The Balaban J connectivity index is 1.50. The molecule has 2 heterocycles. The Morgan fingerprint density at radius 3 is 2.66 bits per heavy atom. The molecule has 166 valence electrons. The van der Waals surface area contributed by atoms with Crippen LogP contribution in [0, 0.1) is 12.8 Å². The minimum atomic E-state index is -0.237. The van der Waals surface area contributed by atoms with Gasteiger partial charge in [-0.1, -0.05) is 17.7 Å². The van der Waals surface area contributed by atoms with E-state index in [1.807, 2.05) is 48.2 Å². The first-order valence-electron chi connectivity index (χ1n) is 10.5. The molecule has 1 saturated heterocycles. The lowest BCUT2D eigenvalue weighted by molar-refractivity contribution is -0.120. The highest BCUT2D eigenvalue weighted by molar-refractivity contribution is 6.31. The summed E-state index contributed by atoms with van der Waals surface area (Å²) >= 11 is 6.24. The van der Waals surface area contributed by atoms with Gasteiger partial charge in [0.15, 0.2) is 0 Å². The molecule has 8 heteroatoms. The van der Waals surface area contributed by atoms with Crippen LogP contribution in [0.3, 0.4) is 0 Å². The lowest BCUT2D eigenvalue weighted by atomic mass is 9.97. The number of carbonyl (C=O) groups excluding carboxylic acids is 1. The fraction of sp³-hybridized carbons (Fsp3) is 0.292. The summed E-state index contributed by atoms with van der Waals surface area (Å²) in [5.41, 5.74) is 2.04. The van der Waals surface area contributed by atoms with E-state index in [4.69, 9.17) is 16.3 Å². The van der Waals surface area contributed by atoms with Crippen molar-refractivity contribution in [2.24, 2.45) is 5.92 Å². The van der Waals surface area contributed by atoms with Crippen LogP contribution in [0.1, 0.15) is 18.4 Å². The van der Waals surface area contributed by atoms with E-state index in [1.54, 1.807) is 19.2 Å². The number of hydrogen-bond acceptors (Lipinski definition) is 5. The van der Waals surface area contributed by atoms with Gasteiger partial charge < -0.3 is 15.0 Å². The molecule has 1 aliphatic heterocycles. The zero-order valence-electron chi connectivity index (χ0n) is 18.0. The minimum Gasteiger partial charge on any atom is -0.497 e. The van der Waals surface area contributed by atoms with Gasteiger partial charge in [0.1, 0.15) is 11.6 Å². The quantitative estimate of drug-likeness (QED) is 0.631. The summed E-state index contributed by atoms with van der Waals surface area (Å²) in [5.74, 6) is 1.19. The topological polar surface area (TPSA) is 76.5 Å². The summed E-state index contributed by atoms with van der Waals surface area (Å²) < 4.78 is 6.51. The number of halogens is 1. The van der Waals surface area contributed by atoms with Crippen LogP contribution in [0.5, 0.6) is 5.75 Å². The number of carbonyl (C=O) groups is 1. The summed E-state index contributed by atoms with van der Waals surface area (Å²) in [7, 11) is 1.61. The van der Waals surface area contributed by atoms with Crippen molar-refractivity contribution in [3.8, 4) is 11.4 Å². The van der Waals surface area contributed by atoms with Crippen molar-refractivity contribution < 1.29 is 9.53 Å². The summed E-state index contributed by atoms with van der Waals surface area (Å²) in [5, 5.41) is 8.12. The van der Waals surface area contributed by atoms with Crippen molar-refractivity contribution in [1.82, 2.24) is 9.78 Å². The van der Waals surface area contributed by atoms with Gasteiger partial charge in [-0.15, -0.1) is 5.10 Å². The van der Waals surface area contributed by atoms with Gasteiger partial charge in [0.25, 0.3) is 5.56 Å². The number of nitrogens with zero attached hydrogens (tertiary/aromatic N) is 3. The van der Waals surface area contributed by atoms with E-state index in [0.29, 0.717) is 23.1 Å². The second-order valence-electron chi connectivity index (χ2n) is 7.88. The fourth-order valence-corrected chi connectivity index (χ4v) is 3.96.